The zero-order valence-electron chi connectivity index (χ0n) is 11.5. The predicted octanol–water partition coefficient (Wildman–Crippen LogP) is 2.21. The second-order valence-electron chi connectivity index (χ2n) is 5.00. The normalized spacial score (nSPS) is 21.6. The molecule has 0 saturated carbocycles. The van der Waals surface area contributed by atoms with Gasteiger partial charge in [-0.1, -0.05) is 11.6 Å². The van der Waals surface area contributed by atoms with E-state index in [1.54, 1.807) is 12.1 Å². The first kappa shape index (κ1) is 14.8. The van der Waals surface area contributed by atoms with E-state index in [-0.39, 0.29) is 11.5 Å². The van der Waals surface area contributed by atoms with Crippen molar-refractivity contribution in [1.29, 1.82) is 0 Å². The fourth-order valence-corrected chi connectivity index (χ4v) is 2.43. The van der Waals surface area contributed by atoms with Crippen LogP contribution in [0.25, 0.3) is 0 Å². The van der Waals surface area contributed by atoms with E-state index in [0.717, 1.165) is 19.4 Å². The summed E-state index contributed by atoms with van der Waals surface area (Å²) in [5.74, 6) is -0.691. The van der Waals surface area contributed by atoms with Crippen molar-refractivity contribution < 1.29 is 14.3 Å². The van der Waals surface area contributed by atoms with Gasteiger partial charge in [0.05, 0.1) is 23.9 Å². The highest BCUT2D eigenvalue weighted by molar-refractivity contribution is 6.31. The van der Waals surface area contributed by atoms with Gasteiger partial charge >= 0.3 is 5.97 Å². The number of benzene rings is 1. The van der Waals surface area contributed by atoms with Crippen LogP contribution in [0.4, 0.5) is 5.69 Å². The second-order valence-corrected chi connectivity index (χ2v) is 5.43. The van der Waals surface area contributed by atoms with Crippen LogP contribution in [0, 0.1) is 0 Å². The molecule has 20 heavy (non-hydrogen) atoms. The van der Waals surface area contributed by atoms with Crippen LogP contribution < -0.4 is 10.6 Å². The topological polar surface area (TPSA) is 67.4 Å². The number of carbonyl (C=O) groups is 2. The van der Waals surface area contributed by atoms with Gasteiger partial charge in [0.1, 0.15) is 0 Å². The lowest BCUT2D eigenvalue weighted by Crippen LogP contribution is -2.48. The minimum Gasteiger partial charge on any atom is -0.465 e. The molecule has 5 nitrogen and oxygen atoms in total. The molecule has 1 saturated heterocycles. The van der Waals surface area contributed by atoms with E-state index in [0.29, 0.717) is 10.7 Å². The predicted molar refractivity (Wildman–Crippen MR) is 77.1 cm³/mol. The second kappa shape index (κ2) is 5.81. The van der Waals surface area contributed by atoms with Crippen LogP contribution in [0.3, 0.4) is 0 Å². The Morgan fingerprint density at radius 1 is 1.45 bits per heavy atom. The third-order valence-corrected chi connectivity index (χ3v) is 3.74. The first-order chi connectivity index (χ1) is 9.46. The van der Waals surface area contributed by atoms with Gasteiger partial charge in [-0.15, -0.1) is 0 Å². The number of amides is 1. The molecule has 1 aliphatic heterocycles. The summed E-state index contributed by atoms with van der Waals surface area (Å²) in [6, 6.07) is 4.66. The smallest absolute Gasteiger partial charge is 0.339 e. The number of ether oxygens (including phenoxy) is 1. The maximum Gasteiger partial charge on any atom is 0.339 e. The number of hydrogen-bond donors (Lipinski definition) is 2. The maximum atomic E-state index is 12.3. The maximum absolute atomic E-state index is 12.3. The fraction of sp³-hybridized carbons (Fsp3) is 0.429. The molecule has 1 fully saturated rings. The van der Waals surface area contributed by atoms with Crippen molar-refractivity contribution >= 4 is 29.2 Å². The Hall–Kier alpha value is -1.59. The third-order valence-electron chi connectivity index (χ3n) is 3.50. The highest BCUT2D eigenvalue weighted by atomic mass is 35.5. The van der Waals surface area contributed by atoms with Crippen LogP contribution in [0.2, 0.25) is 5.02 Å². The molecule has 1 heterocycles. The summed E-state index contributed by atoms with van der Waals surface area (Å²) in [4.78, 5) is 24.0. The Labute approximate surface area is 122 Å². The lowest BCUT2D eigenvalue weighted by molar-refractivity contribution is -0.121. The van der Waals surface area contributed by atoms with E-state index >= 15 is 0 Å². The first-order valence-electron chi connectivity index (χ1n) is 6.40. The molecule has 1 atom stereocenters. The van der Waals surface area contributed by atoms with Crippen LogP contribution in [-0.2, 0) is 9.53 Å². The Bertz CT molecular complexity index is 539. The molecular weight excluding hydrogens is 280 g/mol. The van der Waals surface area contributed by atoms with E-state index in [2.05, 4.69) is 10.6 Å². The van der Waals surface area contributed by atoms with E-state index in [9.17, 15) is 9.59 Å². The Morgan fingerprint density at radius 3 is 2.80 bits per heavy atom. The number of halogens is 1. The lowest BCUT2D eigenvalue weighted by atomic mass is 9.99. The number of esters is 1. The van der Waals surface area contributed by atoms with Crippen LogP contribution >= 0.6 is 11.6 Å². The Morgan fingerprint density at radius 2 is 2.20 bits per heavy atom. The molecule has 1 aromatic carbocycles. The Balaban J connectivity index is 2.26. The number of anilines is 1. The van der Waals surface area contributed by atoms with Gasteiger partial charge in [-0.25, -0.2) is 4.79 Å². The summed E-state index contributed by atoms with van der Waals surface area (Å²) in [6.45, 7) is 2.65. The van der Waals surface area contributed by atoms with Crippen molar-refractivity contribution in [2.75, 3.05) is 19.0 Å². The molecule has 2 N–H and O–H groups in total. The molecular formula is C14H17ClN2O3. The van der Waals surface area contributed by atoms with E-state index in [4.69, 9.17) is 16.3 Å². The third kappa shape index (κ3) is 2.94. The zero-order chi connectivity index (χ0) is 14.8. The van der Waals surface area contributed by atoms with Crippen molar-refractivity contribution in [2.45, 2.75) is 25.3 Å². The standard InChI is InChI=1S/C14H17ClN2O3/c1-14(6-3-7-16-14)13(19)17-11-8-9(15)4-5-10(11)12(18)20-2/h4-5,8,16H,3,6-7H2,1-2H3,(H,17,19). The number of rotatable bonds is 3. The average molecular weight is 297 g/mol. The van der Waals surface area contributed by atoms with Gasteiger partial charge in [-0.05, 0) is 44.5 Å². The minimum absolute atomic E-state index is 0.178. The number of carbonyl (C=O) groups excluding carboxylic acids is 2. The van der Waals surface area contributed by atoms with E-state index < -0.39 is 11.5 Å². The molecule has 0 bridgehead atoms. The van der Waals surface area contributed by atoms with Crippen molar-refractivity contribution in [3.63, 3.8) is 0 Å². The van der Waals surface area contributed by atoms with Gasteiger partial charge < -0.3 is 15.4 Å². The van der Waals surface area contributed by atoms with Gasteiger partial charge in [-0.2, -0.15) is 0 Å². The molecule has 1 unspecified atom stereocenters. The first-order valence-corrected chi connectivity index (χ1v) is 6.78. The molecule has 1 amide bonds. The van der Waals surface area contributed by atoms with Gasteiger partial charge in [0, 0.05) is 5.02 Å². The summed E-state index contributed by atoms with van der Waals surface area (Å²) in [7, 11) is 1.29. The van der Waals surface area contributed by atoms with Gasteiger partial charge in [0.15, 0.2) is 0 Å². The summed E-state index contributed by atoms with van der Waals surface area (Å²) in [5.41, 5.74) is 0.0338. The van der Waals surface area contributed by atoms with Crippen LogP contribution in [0.5, 0.6) is 0 Å². The fourth-order valence-electron chi connectivity index (χ4n) is 2.26. The SMILES string of the molecule is COC(=O)c1ccc(Cl)cc1NC(=O)C1(C)CCCN1. The highest BCUT2D eigenvalue weighted by Crippen LogP contribution is 2.25. The summed E-state index contributed by atoms with van der Waals surface area (Å²) >= 11 is 5.92. The monoisotopic (exact) mass is 296 g/mol. The molecule has 0 aromatic heterocycles. The Kier molecular flexibility index (Phi) is 4.30. The number of hydrogen-bond acceptors (Lipinski definition) is 4. The van der Waals surface area contributed by atoms with Crippen LogP contribution in [-0.4, -0.2) is 31.1 Å². The van der Waals surface area contributed by atoms with Crippen molar-refractivity contribution in [3.05, 3.63) is 28.8 Å². The summed E-state index contributed by atoms with van der Waals surface area (Å²) in [6.07, 6.45) is 1.70. The van der Waals surface area contributed by atoms with Gasteiger partial charge in [0.2, 0.25) is 5.91 Å². The van der Waals surface area contributed by atoms with Crippen molar-refractivity contribution in [2.24, 2.45) is 0 Å². The molecule has 0 radical (unpaired) electrons. The largest absolute Gasteiger partial charge is 0.465 e. The lowest BCUT2D eigenvalue weighted by Gasteiger charge is -2.23. The quantitative estimate of drug-likeness (QED) is 0.839. The molecule has 1 aliphatic rings. The van der Waals surface area contributed by atoms with Crippen LogP contribution in [0.1, 0.15) is 30.1 Å². The van der Waals surface area contributed by atoms with Gasteiger partial charge in [-0.3, -0.25) is 4.79 Å². The zero-order valence-corrected chi connectivity index (χ0v) is 12.2. The summed E-state index contributed by atoms with van der Waals surface area (Å²) in [5, 5.41) is 6.37. The van der Waals surface area contributed by atoms with Crippen LogP contribution in [0.15, 0.2) is 18.2 Å². The highest BCUT2D eigenvalue weighted by Gasteiger charge is 2.36. The van der Waals surface area contributed by atoms with Gasteiger partial charge in [0.25, 0.3) is 0 Å². The minimum atomic E-state index is -0.615. The molecule has 108 valence electrons. The molecule has 0 aliphatic carbocycles. The number of methoxy groups -OCH3 is 1. The van der Waals surface area contributed by atoms with E-state index in [1.807, 2.05) is 6.92 Å². The number of nitrogens with one attached hydrogen (secondary N) is 2. The van der Waals surface area contributed by atoms with Crippen molar-refractivity contribution in [3.8, 4) is 0 Å². The average Bonchev–Trinajstić information content (AvgIpc) is 2.86. The van der Waals surface area contributed by atoms with E-state index in [1.165, 1.54) is 13.2 Å². The molecule has 1 aromatic rings. The molecule has 6 heteroatoms. The summed E-state index contributed by atoms with van der Waals surface area (Å²) < 4.78 is 4.70. The van der Waals surface area contributed by atoms with Crippen molar-refractivity contribution in [1.82, 2.24) is 5.32 Å². The molecule has 2 rings (SSSR count). The molecule has 0 spiro atoms.